The van der Waals surface area contributed by atoms with E-state index in [0.717, 1.165) is 21.8 Å². The standard InChI is InChI=1S/C20H21N3O3S/c1-13(20(25)26-3)27-17-11-7-4-8-14(17)19(24)23(2)12-18-21-15-9-5-6-10-16(15)22-18/h4-11,13H,12H2,1-3H3,(H,21,22). The highest BCUT2D eigenvalue weighted by molar-refractivity contribution is 8.00. The van der Waals surface area contributed by atoms with Gasteiger partial charge in [0.1, 0.15) is 11.1 Å². The van der Waals surface area contributed by atoms with Gasteiger partial charge in [0.15, 0.2) is 0 Å². The maximum atomic E-state index is 13.0. The van der Waals surface area contributed by atoms with Crippen molar-refractivity contribution in [1.29, 1.82) is 0 Å². The first-order valence-electron chi connectivity index (χ1n) is 8.52. The molecule has 1 N–H and O–H groups in total. The first-order valence-corrected chi connectivity index (χ1v) is 9.40. The van der Waals surface area contributed by atoms with Crippen LogP contribution in [0, 0.1) is 0 Å². The molecule has 0 aliphatic heterocycles. The second-order valence-corrected chi connectivity index (χ2v) is 7.52. The fourth-order valence-electron chi connectivity index (χ4n) is 2.73. The quantitative estimate of drug-likeness (QED) is 0.521. The fraction of sp³-hybridized carbons (Fsp3) is 0.250. The topological polar surface area (TPSA) is 75.3 Å². The zero-order valence-electron chi connectivity index (χ0n) is 15.4. The Balaban J connectivity index is 1.77. The van der Waals surface area contributed by atoms with Crippen LogP contribution in [-0.2, 0) is 16.1 Å². The smallest absolute Gasteiger partial charge is 0.318 e. The molecule has 0 bridgehead atoms. The minimum Gasteiger partial charge on any atom is -0.468 e. The number of thioether (sulfide) groups is 1. The van der Waals surface area contributed by atoms with E-state index in [4.69, 9.17) is 4.74 Å². The number of aromatic nitrogens is 2. The summed E-state index contributed by atoms with van der Waals surface area (Å²) in [5.41, 5.74) is 2.37. The van der Waals surface area contributed by atoms with Gasteiger partial charge in [-0.3, -0.25) is 9.59 Å². The molecule has 1 atom stereocenters. The summed E-state index contributed by atoms with van der Waals surface area (Å²) in [6, 6.07) is 15.0. The minimum atomic E-state index is -0.398. The number of amides is 1. The van der Waals surface area contributed by atoms with Crippen LogP contribution in [0.1, 0.15) is 23.1 Å². The lowest BCUT2D eigenvalue weighted by atomic mass is 10.2. The summed E-state index contributed by atoms with van der Waals surface area (Å²) in [5, 5.41) is -0.398. The molecular weight excluding hydrogens is 362 g/mol. The highest BCUT2D eigenvalue weighted by Crippen LogP contribution is 2.28. The molecule has 3 rings (SSSR count). The molecule has 27 heavy (non-hydrogen) atoms. The van der Waals surface area contributed by atoms with Crippen LogP contribution in [0.15, 0.2) is 53.4 Å². The maximum absolute atomic E-state index is 13.0. The van der Waals surface area contributed by atoms with Crippen molar-refractivity contribution in [2.75, 3.05) is 14.2 Å². The molecule has 0 aliphatic rings. The summed E-state index contributed by atoms with van der Waals surface area (Å²) in [5.74, 6) is 0.272. The van der Waals surface area contributed by atoms with Gasteiger partial charge < -0.3 is 14.6 Å². The van der Waals surface area contributed by atoms with Crippen molar-refractivity contribution >= 4 is 34.7 Å². The van der Waals surface area contributed by atoms with Gasteiger partial charge in [-0.05, 0) is 31.2 Å². The molecule has 0 aliphatic carbocycles. The number of benzene rings is 2. The SMILES string of the molecule is COC(=O)C(C)Sc1ccccc1C(=O)N(C)Cc1nc2ccccc2[nH]1. The number of nitrogens with zero attached hydrogens (tertiary/aromatic N) is 2. The molecule has 0 saturated carbocycles. The lowest BCUT2D eigenvalue weighted by molar-refractivity contribution is -0.139. The Morgan fingerprint density at radius 1 is 1.19 bits per heavy atom. The van der Waals surface area contributed by atoms with E-state index in [0.29, 0.717) is 12.1 Å². The average molecular weight is 383 g/mol. The van der Waals surface area contributed by atoms with Crippen LogP contribution in [0.2, 0.25) is 0 Å². The van der Waals surface area contributed by atoms with Gasteiger partial charge in [0, 0.05) is 11.9 Å². The number of fused-ring (bicyclic) bond motifs is 1. The molecule has 0 radical (unpaired) electrons. The van der Waals surface area contributed by atoms with Gasteiger partial charge in [-0.15, -0.1) is 11.8 Å². The zero-order chi connectivity index (χ0) is 19.4. The maximum Gasteiger partial charge on any atom is 0.318 e. The van der Waals surface area contributed by atoms with Crippen LogP contribution < -0.4 is 0 Å². The van der Waals surface area contributed by atoms with E-state index in [1.165, 1.54) is 18.9 Å². The van der Waals surface area contributed by atoms with Crippen molar-refractivity contribution in [1.82, 2.24) is 14.9 Å². The Hall–Kier alpha value is -2.80. The molecule has 6 nitrogen and oxygen atoms in total. The summed E-state index contributed by atoms with van der Waals surface area (Å²) in [4.78, 5) is 34.8. The van der Waals surface area contributed by atoms with Crippen LogP contribution in [0.4, 0.5) is 0 Å². The molecule has 0 fully saturated rings. The predicted molar refractivity (Wildman–Crippen MR) is 106 cm³/mol. The third kappa shape index (κ3) is 4.31. The average Bonchev–Trinajstić information content (AvgIpc) is 3.09. The number of carbonyl (C=O) groups is 2. The Labute approximate surface area is 161 Å². The molecule has 0 spiro atoms. The molecular formula is C20H21N3O3S. The van der Waals surface area contributed by atoms with Crippen LogP contribution >= 0.6 is 11.8 Å². The lowest BCUT2D eigenvalue weighted by Gasteiger charge is -2.18. The van der Waals surface area contributed by atoms with E-state index in [-0.39, 0.29) is 11.9 Å². The number of para-hydroxylation sites is 2. The van der Waals surface area contributed by atoms with Gasteiger partial charge in [-0.1, -0.05) is 24.3 Å². The molecule has 1 aromatic heterocycles. The van der Waals surface area contributed by atoms with Gasteiger partial charge >= 0.3 is 5.97 Å². The first-order chi connectivity index (χ1) is 13.0. The van der Waals surface area contributed by atoms with Crippen molar-refractivity contribution in [2.45, 2.75) is 23.6 Å². The molecule has 140 valence electrons. The Morgan fingerprint density at radius 3 is 2.63 bits per heavy atom. The third-order valence-electron chi connectivity index (χ3n) is 4.13. The predicted octanol–water partition coefficient (Wildman–Crippen LogP) is 3.49. The fourth-order valence-corrected chi connectivity index (χ4v) is 3.75. The Kier molecular flexibility index (Phi) is 5.81. The highest BCUT2D eigenvalue weighted by atomic mass is 32.2. The number of ether oxygens (including phenoxy) is 1. The molecule has 2 aromatic carbocycles. The van der Waals surface area contributed by atoms with E-state index in [1.54, 1.807) is 24.9 Å². The van der Waals surface area contributed by atoms with Gasteiger partial charge in [0.2, 0.25) is 0 Å². The van der Waals surface area contributed by atoms with Gasteiger partial charge in [0.05, 0.1) is 30.3 Å². The lowest BCUT2D eigenvalue weighted by Crippen LogP contribution is -2.27. The number of esters is 1. The van der Waals surface area contributed by atoms with E-state index < -0.39 is 5.25 Å². The van der Waals surface area contributed by atoms with Crippen molar-refractivity contribution in [2.24, 2.45) is 0 Å². The van der Waals surface area contributed by atoms with Crippen LogP contribution in [0.5, 0.6) is 0 Å². The number of hydrogen-bond donors (Lipinski definition) is 1. The highest BCUT2D eigenvalue weighted by Gasteiger charge is 2.21. The van der Waals surface area contributed by atoms with Crippen molar-refractivity contribution in [3.63, 3.8) is 0 Å². The molecule has 3 aromatic rings. The van der Waals surface area contributed by atoms with Gasteiger partial charge in [-0.2, -0.15) is 0 Å². The normalized spacial score (nSPS) is 12.0. The van der Waals surface area contributed by atoms with E-state index in [9.17, 15) is 9.59 Å². The third-order valence-corrected chi connectivity index (χ3v) is 5.28. The second kappa shape index (κ2) is 8.26. The number of imidazole rings is 1. The summed E-state index contributed by atoms with van der Waals surface area (Å²) < 4.78 is 4.77. The largest absolute Gasteiger partial charge is 0.468 e. The number of rotatable bonds is 6. The van der Waals surface area contributed by atoms with Crippen LogP contribution in [0.25, 0.3) is 11.0 Å². The Bertz CT molecular complexity index is 937. The number of nitrogens with one attached hydrogen (secondary N) is 1. The molecule has 1 unspecified atom stereocenters. The number of methoxy groups -OCH3 is 1. The molecule has 0 saturated heterocycles. The van der Waals surface area contributed by atoms with Crippen molar-refractivity contribution < 1.29 is 14.3 Å². The molecule has 1 amide bonds. The summed E-state index contributed by atoms with van der Waals surface area (Å²) in [6.45, 7) is 2.12. The molecule has 7 heteroatoms. The van der Waals surface area contributed by atoms with Crippen LogP contribution in [0.3, 0.4) is 0 Å². The monoisotopic (exact) mass is 383 g/mol. The minimum absolute atomic E-state index is 0.129. The summed E-state index contributed by atoms with van der Waals surface area (Å²) >= 11 is 1.31. The number of hydrogen-bond acceptors (Lipinski definition) is 5. The van der Waals surface area contributed by atoms with E-state index in [1.807, 2.05) is 42.5 Å². The van der Waals surface area contributed by atoms with E-state index >= 15 is 0 Å². The second-order valence-electron chi connectivity index (χ2n) is 6.14. The van der Waals surface area contributed by atoms with Crippen molar-refractivity contribution in [3.8, 4) is 0 Å². The number of aromatic amines is 1. The van der Waals surface area contributed by atoms with Gasteiger partial charge in [0.25, 0.3) is 5.91 Å². The van der Waals surface area contributed by atoms with Crippen molar-refractivity contribution in [3.05, 3.63) is 59.9 Å². The van der Waals surface area contributed by atoms with Gasteiger partial charge in [-0.25, -0.2) is 4.98 Å². The Morgan fingerprint density at radius 2 is 1.89 bits per heavy atom. The summed E-state index contributed by atoms with van der Waals surface area (Å²) in [7, 11) is 3.10. The molecule has 1 heterocycles. The number of H-pyrrole nitrogens is 1. The van der Waals surface area contributed by atoms with Crippen LogP contribution in [-0.4, -0.2) is 46.2 Å². The number of carbonyl (C=O) groups excluding carboxylic acids is 2. The summed E-state index contributed by atoms with van der Waals surface area (Å²) in [6.07, 6.45) is 0. The first kappa shape index (κ1) is 19.0. The zero-order valence-corrected chi connectivity index (χ0v) is 16.2. The van der Waals surface area contributed by atoms with E-state index in [2.05, 4.69) is 9.97 Å².